The first-order valence-electron chi connectivity index (χ1n) is 6.10. The Morgan fingerprint density at radius 1 is 1.56 bits per heavy atom. The van der Waals surface area contributed by atoms with Crippen LogP contribution in [0.2, 0.25) is 0 Å². The van der Waals surface area contributed by atoms with Crippen molar-refractivity contribution in [1.29, 1.82) is 0 Å². The molecule has 1 saturated carbocycles. The van der Waals surface area contributed by atoms with Crippen LogP contribution in [0.4, 0.5) is 0 Å². The number of esters is 1. The van der Waals surface area contributed by atoms with E-state index < -0.39 is 0 Å². The van der Waals surface area contributed by atoms with E-state index in [2.05, 4.69) is 11.6 Å². The van der Waals surface area contributed by atoms with Gasteiger partial charge in [-0.05, 0) is 32.4 Å². The van der Waals surface area contributed by atoms with Crippen molar-refractivity contribution in [2.45, 2.75) is 44.4 Å². The molecule has 0 aromatic rings. The second kappa shape index (κ2) is 7.17. The molecule has 0 radical (unpaired) electrons. The van der Waals surface area contributed by atoms with Gasteiger partial charge in [0.2, 0.25) is 0 Å². The van der Waals surface area contributed by atoms with Gasteiger partial charge in [0.15, 0.2) is 0 Å². The van der Waals surface area contributed by atoms with Gasteiger partial charge in [-0.25, -0.2) is 0 Å². The van der Waals surface area contributed by atoms with E-state index in [0.29, 0.717) is 12.6 Å². The molecule has 0 amide bonds. The van der Waals surface area contributed by atoms with Crippen LogP contribution in [0, 0.1) is 5.92 Å². The van der Waals surface area contributed by atoms with Crippen LogP contribution in [-0.4, -0.2) is 36.7 Å². The van der Waals surface area contributed by atoms with Gasteiger partial charge in [0.25, 0.3) is 0 Å². The number of carbonyl (C=O) groups is 1. The molecule has 1 aliphatic carbocycles. The highest BCUT2D eigenvalue weighted by molar-refractivity contribution is 7.99. The quantitative estimate of drug-likeness (QED) is 0.727. The van der Waals surface area contributed by atoms with E-state index in [0.717, 1.165) is 11.8 Å². The SMILES string of the molecule is CCOC(=O)C(C)CNC1CCC(SC)C1. The highest BCUT2D eigenvalue weighted by atomic mass is 32.2. The maximum atomic E-state index is 11.4. The molecule has 0 bridgehead atoms. The van der Waals surface area contributed by atoms with Gasteiger partial charge >= 0.3 is 5.97 Å². The van der Waals surface area contributed by atoms with Crippen molar-refractivity contribution in [1.82, 2.24) is 5.32 Å². The molecule has 1 N–H and O–H groups in total. The minimum atomic E-state index is -0.0885. The number of ether oxygens (including phenoxy) is 1. The van der Waals surface area contributed by atoms with Crippen LogP contribution in [0.3, 0.4) is 0 Å². The van der Waals surface area contributed by atoms with Gasteiger partial charge < -0.3 is 10.1 Å². The Kier molecular flexibility index (Phi) is 6.21. The Morgan fingerprint density at radius 3 is 2.88 bits per heavy atom. The largest absolute Gasteiger partial charge is 0.466 e. The molecule has 0 heterocycles. The number of hydrogen-bond donors (Lipinski definition) is 1. The van der Waals surface area contributed by atoms with Crippen LogP contribution in [0.15, 0.2) is 0 Å². The maximum Gasteiger partial charge on any atom is 0.309 e. The van der Waals surface area contributed by atoms with Crippen LogP contribution in [-0.2, 0) is 9.53 Å². The summed E-state index contributed by atoms with van der Waals surface area (Å²) in [5.41, 5.74) is 0. The molecule has 0 aromatic heterocycles. The predicted molar refractivity (Wildman–Crippen MR) is 68.7 cm³/mol. The number of rotatable bonds is 6. The maximum absolute atomic E-state index is 11.4. The molecule has 1 rings (SSSR count). The second-order valence-corrected chi connectivity index (χ2v) is 5.57. The Labute approximate surface area is 103 Å². The van der Waals surface area contributed by atoms with Gasteiger partial charge in [0.05, 0.1) is 12.5 Å². The van der Waals surface area contributed by atoms with Crippen LogP contribution < -0.4 is 5.32 Å². The monoisotopic (exact) mass is 245 g/mol. The molecule has 0 saturated heterocycles. The van der Waals surface area contributed by atoms with Crippen LogP contribution in [0.25, 0.3) is 0 Å². The van der Waals surface area contributed by atoms with Crippen LogP contribution in [0.1, 0.15) is 33.1 Å². The lowest BCUT2D eigenvalue weighted by molar-refractivity contribution is -0.147. The molecule has 0 aromatic carbocycles. The first-order valence-corrected chi connectivity index (χ1v) is 7.39. The third-order valence-electron chi connectivity index (χ3n) is 3.12. The number of carbonyl (C=O) groups excluding carboxylic acids is 1. The second-order valence-electron chi connectivity index (χ2n) is 4.43. The van der Waals surface area contributed by atoms with E-state index in [4.69, 9.17) is 4.74 Å². The van der Waals surface area contributed by atoms with Crippen molar-refractivity contribution >= 4 is 17.7 Å². The van der Waals surface area contributed by atoms with Crippen molar-refractivity contribution in [3.63, 3.8) is 0 Å². The minimum absolute atomic E-state index is 0.0340. The lowest BCUT2D eigenvalue weighted by Crippen LogP contribution is -2.34. The fraction of sp³-hybridized carbons (Fsp3) is 0.917. The highest BCUT2D eigenvalue weighted by Crippen LogP contribution is 2.28. The first kappa shape index (κ1) is 13.8. The van der Waals surface area contributed by atoms with Crippen molar-refractivity contribution in [2.24, 2.45) is 5.92 Å². The minimum Gasteiger partial charge on any atom is -0.466 e. The van der Waals surface area contributed by atoms with Gasteiger partial charge in [-0.15, -0.1) is 0 Å². The highest BCUT2D eigenvalue weighted by Gasteiger charge is 2.24. The van der Waals surface area contributed by atoms with Crippen molar-refractivity contribution < 1.29 is 9.53 Å². The Balaban J connectivity index is 2.17. The Morgan fingerprint density at radius 2 is 2.31 bits per heavy atom. The first-order chi connectivity index (χ1) is 7.67. The molecule has 0 aliphatic heterocycles. The Hall–Kier alpha value is -0.220. The van der Waals surface area contributed by atoms with Gasteiger partial charge in [0, 0.05) is 17.8 Å². The molecule has 3 nitrogen and oxygen atoms in total. The molecular formula is C12H23NO2S. The third kappa shape index (κ3) is 4.34. The summed E-state index contributed by atoms with van der Waals surface area (Å²) >= 11 is 1.95. The molecule has 16 heavy (non-hydrogen) atoms. The van der Waals surface area contributed by atoms with E-state index in [9.17, 15) is 4.79 Å². The zero-order valence-electron chi connectivity index (χ0n) is 10.5. The lowest BCUT2D eigenvalue weighted by Gasteiger charge is -2.16. The Bertz CT molecular complexity index is 223. The van der Waals surface area contributed by atoms with E-state index >= 15 is 0 Å². The summed E-state index contributed by atoms with van der Waals surface area (Å²) in [4.78, 5) is 11.4. The fourth-order valence-corrected chi connectivity index (χ4v) is 2.85. The standard InChI is InChI=1S/C12H23NO2S/c1-4-15-12(14)9(2)8-13-10-5-6-11(7-10)16-3/h9-11,13H,4-8H2,1-3H3. The van der Waals surface area contributed by atoms with E-state index in [-0.39, 0.29) is 11.9 Å². The molecule has 94 valence electrons. The van der Waals surface area contributed by atoms with E-state index in [1.165, 1.54) is 19.3 Å². The smallest absolute Gasteiger partial charge is 0.309 e. The molecule has 1 fully saturated rings. The summed E-state index contributed by atoms with van der Waals surface area (Å²) < 4.78 is 4.98. The van der Waals surface area contributed by atoms with Gasteiger partial charge in [-0.3, -0.25) is 4.79 Å². The van der Waals surface area contributed by atoms with E-state index in [1.807, 2.05) is 25.6 Å². The zero-order valence-corrected chi connectivity index (χ0v) is 11.3. The summed E-state index contributed by atoms with van der Waals surface area (Å²) in [5.74, 6) is -0.123. The summed E-state index contributed by atoms with van der Waals surface area (Å²) in [5, 5.41) is 4.27. The van der Waals surface area contributed by atoms with E-state index in [1.54, 1.807) is 0 Å². The predicted octanol–water partition coefficient (Wildman–Crippen LogP) is 2.06. The molecule has 0 spiro atoms. The topological polar surface area (TPSA) is 38.3 Å². The summed E-state index contributed by atoms with van der Waals surface area (Å²) in [6, 6.07) is 0.592. The van der Waals surface area contributed by atoms with Crippen molar-refractivity contribution in [3.8, 4) is 0 Å². The summed E-state index contributed by atoms with van der Waals surface area (Å²) in [6.07, 6.45) is 5.94. The lowest BCUT2D eigenvalue weighted by atomic mass is 10.1. The fourth-order valence-electron chi connectivity index (χ4n) is 2.05. The summed E-state index contributed by atoms with van der Waals surface area (Å²) in [7, 11) is 0. The number of thioether (sulfide) groups is 1. The summed E-state index contributed by atoms with van der Waals surface area (Å²) in [6.45, 7) is 4.98. The third-order valence-corrected chi connectivity index (χ3v) is 4.21. The number of hydrogen-bond acceptors (Lipinski definition) is 4. The van der Waals surface area contributed by atoms with Crippen molar-refractivity contribution in [2.75, 3.05) is 19.4 Å². The number of nitrogens with one attached hydrogen (secondary N) is 1. The average molecular weight is 245 g/mol. The van der Waals surface area contributed by atoms with Crippen LogP contribution in [0.5, 0.6) is 0 Å². The van der Waals surface area contributed by atoms with Crippen LogP contribution >= 0.6 is 11.8 Å². The normalized spacial score (nSPS) is 26.7. The molecule has 3 atom stereocenters. The molecule has 1 aliphatic rings. The molecule has 3 unspecified atom stereocenters. The molecule has 4 heteroatoms. The van der Waals surface area contributed by atoms with Gasteiger partial charge in [0.1, 0.15) is 0 Å². The van der Waals surface area contributed by atoms with Crippen molar-refractivity contribution in [3.05, 3.63) is 0 Å². The van der Waals surface area contributed by atoms with Gasteiger partial charge in [-0.2, -0.15) is 11.8 Å². The van der Waals surface area contributed by atoms with Gasteiger partial charge in [-0.1, -0.05) is 6.92 Å². The average Bonchev–Trinajstić information content (AvgIpc) is 2.74. The zero-order chi connectivity index (χ0) is 12.0. The molecular weight excluding hydrogens is 222 g/mol.